The molecule has 2 aromatic rings. The molecule has 0 fully saturated rings. The molecule has 0 bridgehead atoms. The molecule has 1 aromatic carbocycles. The third-order valence-corrected chi connectivity index (χ3v) is 2.81. The molecule has 0 radical (unpaired) electrons. The van der Waals surface area contributed by atoms with E-state index in [1.54, 1.807) is 6.20 Å². The maximum Gasteiger partial charge on any atom is 0.103 e. The van der Waals surface area contributed by atoms with E-state index in [1.807, 2.05) is 13.0 Å². The average Bonchev–Trinajstić information content (AvgIpc) is 2.39. The minimum Gasteiger partial charge on any atom is -0.384 e. The number of benzene rings is 1. The number of aromatic nitrogens is 1. The predicted octanol–water partition coefficient (Wildman–Crippen LogP) is 3.10. The lowest BCUT2D eigenvalue weighted by molar-refractivity contribution is 1.14. The first kappa shape index (κ1) is 11.4. The summed E-state index contributed by atoms with van der Waals surface area (Å²) in [5.74, 6) is 0. The van der Waals surface area contributed by atoms with Gasteiger partial charge in [-0.25, -0.2) is 0 Å². The number of nitrogens with zero attached hydrogens (tertiary/aromatic N) is 2. The van der Waals surface area contributed by atoms with E-state index in [-0.39, 0.29) is 0 Å². The fraction of sp³-hybridized carbons (Fsp3) is 0.286. The summed E-state index contributed by atoms with van der Waals surface area (Å²) in [6.07, 6.45) is 2.62. The Bertz CT molecular complexity index is 582. The van der Waals surface area contributed by atoms with E-state index in [0.29, 0.717) is 5.56 Å². The molecule has 0 aliphatic rings. The second-order valence-electron chi connectivity index (χ2n) is 3.89. The Hall–Kier alpha value is -2.08. The van der Waals surface area contributed by atoms with Crippen molar-refractivity contribution in [2.24, 2.45) is 0 Å². The van der Waals surface area contributed by atoms with Crippen LogP contribution in [0.1, 0.15) is 25.0 Å². The Morgan fingerprint density at radius 3 is 2.82 bits per heavy atom. The molecular weight excluding hydrogens is 210 g/mol. The van der Waals surface area contributed by atoms with Crippen LogP contribution >= 0.6 is 0 Å². The van der Waals surface area contributed by atoms with Crippen molar-refractivity contribution in [2.45, 2.75) is 20.3 Å². The van der Waals surface area contributed by atoms with E-state index < -0.39 is 0 Å². The van der Waals surface area contributed by atoms with Crippen LogP contribution in [0.4, 0.5) is 5.69 Å². The van der Waals surface area contributed by atoms with Crippen molar-refractivity contribution in [3.63, 3.8) is 0 Å². The molecule has 0 amide bonds. The van der Waals surface area contributed by atoms with Gasteiger partial charge < -0.3 is 5.32 Å². The molecular formula is C14H15N3. The fourth-order valence-electron chi connectivity index (χ4n) is 1.91. The van der Waals surface area contributed by atoms with Crippen LogP contribution in [0.5, 0.6) is 0 Å². The molecule has 1 heterocycles. The lowest BCUT2D eigenvalue weighted by Gasteiger charge is -2.10. The Morgan fingerprint density at radius 1 is 1.35 bits per heavy atom. The molecule has 0 atom stereocenters. The van der Waals surface area contributed by atoms with Crippen molar-refractivity contribution in [2.75, 3.05) is 11.9 Å². The molecule has 17 heavy (non-hydrogen) atoms. The van der Waals surface area contributed by atoms with Gasteiger partial charge in [0, 0.05) is 18.1 Å². The predicted molar refractivity (Wildman–Crippen MR) is 70.0 cm³/mol. The summed E-state index contributed by atoms with van der Waals surface area (Å²) in [7, 11) is 0. The molecule has 3 heteroatoms. The Labute approximate surface area is 101 Å². The Kier molecular flexibility index (Phi) is 3.24. The normalized spacial score (nSPS) is 10.2. The second kappa shape index (κ2) is 4.84. The monoisotopic (exact) mass is 225 g/mol. The first-order valence-electron chi connectivity index (χ1n) is 5.85. The van der Waals surface area contributed by atoms with Crippen LogP contribution in [0.25, 0.3) is 10.9 Å². The lowest BCUT2D eigenvalue weighted by Crippen LogP contribution is -2.01. The number of rotatable bonds is 3. The number of hydrogen-bond donors (Lipinski definition) is 1. The van der Waals surface area contributed by atoms with Crippen molar-refractivity contribution in [1.29, 1.82) is 5.26 Å². The summed E-state index contributed by atoms with van der Waals surface area (Å²) in [6.45, 7) is 4.94. The van der Waals surface area contributed by atoms with Gasteiger partial charge >= 0.3 is 0 Å². The molecule has 0 unspecified atom stereocenters. The number of pyridine rings is 1. The summed E-state index contributed by atoms with van der Waals surface area (Å²) in [5.41, 5.74) is 3.69. The van der Waals surface area contributed by atoms with Crippen molar-refractivity contribution in [3.8, 4) is 6.07 Å². The molecule has 1 N–H and O–H groups in total. The smallest absolute Gasteiger partial charge is 0.103 e. The third-order valence-electron chi connectivity index (χ3n) is 2.81. The van der Waals surface area contributed by atoms with Crippen LogP contribution in [-0.4, -0.2) is 11.5 Å². The second-order valence-corrected chi connectivity index (χ2v) is 3.89. The molecule has 0 saturated carbocycles. The summed E-state index contributed by atoms with van der Waals surface area (Å²) in [6, 6.07) is 8.39. The first-order valence-corrected chi connectivity index (χ1v) is 5.85. The third kappa shape index (κ3) is 2.07. The van der Waals surface area contributed by atoms with E-state index in [9.17, 15) is 0 Å². The highest BCUT2D eigenvalue weighted by Crippen LogP contribution is 2.26. The number of hydrogen-bond acceptors (Lipinski definition) is 3. The number of anilines is 1. The van der Waals surface area contributed by atoms with Gasteiger partial charge in [0.05, 0.1) is 16.8 Å². The molecule has 0 spiro atoms. The zero-order valence-corrected chi connectivity index (χ0v) is 10.1. The van der Waals surface area contributed by atoms with E-state index >= 15 is 0 Å². The topological polar surface area (TPSA) is 48.7 Å². The van der Waals surface area contributed by atoms with Crippen LogP contribution in [0.2, 0.25) is 0 Å². The van der Waals surface area contributed by atoms with Gasteiger partial charge in [-0.1, -0.05) is 13.0 Å². The Morgan fingerprint density at radius 2 is 2.18 bits per heavy atom. The van der Waals surface area contributed by atoms with Crippen molar-refractivity contribution < 1.29 is 0 Å². The molecule has 1 aromatic heterocycles. The van der Waals surface area contributed by atoms with E-state index in [1.165, 1.54) is 5.56 Å². The highest BCUT2D eigenvalue weighted by Gasteiger charge is 2.08. The van der Waals surface area contributed by atoms with Crippen LogP contribution in [0, 0.1) is 11.3 Å². The standard InChI is InChI=1S/C14H15N3/c1-3-10-5-6-13-12(7-10)14(16-4-2)11(8-15)9-17-13/h5-7,9H,3-4H2,1-2H3,(H,16,17). The van der Waals surface area contributed by atoms with Crippen LogP contribution in [0.15, 0.2) is 24.4 Å². The van der Waals surface area contributed by atoms with Gasteiger partial charge in [-0.2, -0.15) is 5.26 Å². The summed E-state index contributed by atoms with van der Waals surface area (Å²) >= 11 is 0. The van der Waals surface area contributed by atoms with Gasteiger partial charge in [0.1, 0.15) is 6.07 Å². The highest BCUT2D eigenvalue weighted by molar-refractivity contribution is 5.94. The van der Waals surface area contributed by atoms with Gasteiger partial charge in [0.25, 0.3) is 0 Å². The largest absolute Gasteiger partial charge is 0.384 e. The zero-order valence-electron chi connectivity index (χ0n) is 10.1. The van der Waals surface area contributed by atoms with Gasteiger partial charge in [-0.3, -0.25) is 4.98 Å². The maximum absolute atomic E-state index is 9.10. The molecule has 0 aliphatic heterocycles. The van der Waals surface area contributed by atoms with Crippen molar-refractivity contribution in [1.82, 2.24) is 4.98 Å². The van der Waals surface area contributed by atoms with E-state index in [0.717, 1.165) is 29.6 Å². The molecule has 0 saturated heterocycles. The van der Waals surface area contributed by atoms with Gasteiger partial charge in [0.15, 0.2) is 0 Å². The lowest BCUT2D eigenvalue weighted by atomic mass is 10.1. The van der Waals surface area contributed by atoms with Crippen LogP contribution in [0.3, 0.4) is 0 Å². The van der Waals surface area contributed by atoms with E-state index in [4.69, 9.17) is 5.26 Å². The highest BCUT2D eigenvalue weighted by atomic mass is 14.9. The first-order chi connectivity index (χ1) is 8.30. The van der Waals surface area contributed by atoms with E-state index in [2.05, 4.69) is 35.4 Å². The summed E-state index contributed by atoms with van der Waals surface area (Å²) in [4.78, 5) is 4.31. The number of nitrogens with one attached hydrogen (secondary N) is 1. The molecule has 0 aliphatic carbocycles. The van der Waals surface area contributed by atoms with Gasteiger partial charge in [-0.05, 0) is 31.0 Å². The van der Waals surface area contributed by atoms with Gasteiger partial charge in [0.2, 0.25) is 0 Å². The molecule has 86 valence electrons. The van der Waals surface area contributed by atoms with Crippen LogP contribution < -0.4 is 5.32 Å². The SMILES string of the molecule is CCNc1c(C#N)cnc2ccc(CC)cc12. The number of fused-ring (bicyclic) bond motifs is 1. The van der Waals surface area contributed by atoms with Crippen molar-refractivity contribution >= 4 is 16.6 Å². The molecule has 3 nitrogen and oxygen atoms in total. The molecule has 2 rings (SSSR count). The quantitative estimate of drug-likeness (QED) is 0.873. The minimum atomic E-state index is 0.604. The van der Waals surface area contributed by atoms with Crippen molar-refractivity contribution in [3.05, 3.63) is 35.5 Å². The number of aryl methyl sites for hydroxylation is 1. The number of nitriles is 1. The Balaban J connectivity index is 2.73. The van der Waals surface area contributed by atoms with Crippen LogP contribution in [-0.2, 0) is 6.42 Å². The average molecular weight is 225 g/mol. The van der Waals surface area contributed by atoms with Gasteiger partial charge in [-0.15, -0.1) is 0 Å². The summed E-state index contributed by atoms with van der Waals surface area (Å²) in [5, 5.41) is 13.4. The summed E-state index contributed by atoms with van der Waals surface area (Å²) < 4.78 is 0. The maximum atomic E-state index is 9.10. The fourth-order valence-corrected chi connectivity index (χ4v) is 1.91. The zero-order chi connectivity index (χ0) is 12.3. The minimum absolute atomic E-state index is 0.604.